The zero-order chi connectivity index (χ0) is 14.4. The van der Waals surface area contributed by atoms with Crippen LogP contribution in [0.15, 0.2) is 22.7 Å². The predicted octanol–water partition coefficient (Wildman–Crippen LogP) is 4.61. The second-order valence-corrected chi connectivity index (χ2v) is 6.68. The lowest BCUT2D eigenvalue weighted by atomic mass is 9.89. The summed E-state index contributed by atoms with van der Waals surface area (Å²) in [7, 11) is 0. The number of hydrogen-bond acceptors (Lipinski definition) is 2. The summed E-state index contributed by atoms with van der Waals surface area (Å²) in [5.41, 5.74) is 2.71. The number of hydrogen-bond donors (Lipinski definition) is 1. The summed E-state index contributed by atoms with van der Waals surface area (Å²) in [4.78, 5) is 0. The number of aryl methyl sites for hydroxylation is 1. The van der Waals surface area contributed by atoms with E-state index in [1.54, 1.807) is 0 Å². The molecule has 1 fully saturated rings. The Balaban J connectivity index is 2.08. The van der Waals surface area contributed by atoms with Gasteiger partial charge in [-0.2, -0.15) is 0 Å². The molecular formula is C17H26BrNO. The van der Waals surface area contributed by atoms with Gasteiger partial charge in [0.15, 0.2) is 0 Å². The molecule has 1 aliphatic rings. The lowest BCUT2D eigenvalue weighted by Crippen LogP contribution is -2.27. The molecule has 20 heavy (non-hydrogen) atoms. The zero-order valence-corrected chi connectivity index (χ0v) is 14.2. The lowest BCUT2D eigenvalue weighted by Gasteiger charge is -2.28. The van der Waals surface area contributed by atoms with Gasteiger partial charge < -0.3 is 10.1 Å². The first kappa shape index (κ1) is 16.0. The largest absolute Gasteiger partial charge is 0.381 e. The second kappa shape index (κ2) is 8.16. The van der Waals surface area contributed by atoms with E-state index in [-0.39, 0.29) is 0 Å². The smallest absolute Gasteiger partial charge is 0.0468 e. The summed E-state index contributed by atoms with van der Waals surface area (Å²) in [6.07, 6.45) is 4.79. The Morgan fingerprint density at radius 3 is 2.75 bits per heavy atom. The molecule has 1 atom stereocenters. The van der Waals surface area contributed by atoms with Crippen LogP contribution in [-0.4, -0.2) is 19.8 Å². The van der Waals surface area contributed by atoms with Gasteiger partial charge >= 0.3 is 0 Å². The fourth-order valence-electron chi connectivity index (χ4n) is 2.87. The predicted molar refractivity (Wildman–Crippen MR) is 88.1 cm³/mol. The van der Waals surface area contributed by atoms with E-state index in [1.165, 1.54) is 41.3 Å². The zero-order valence-electron chi connectivity index (χ0n) is 12.6. The van der Waals surface area contributed by atoms with E-state index >= 15 is 0 Å². The minimum Gasteiger partial charge on any atom is -0.381 e. The molecule has 0 radical (unpaired) electrons. The van der Waals surface area contributed by atoms with Crippen LogP contribution >= 0.6 is 15.9 Å². The van der Waals surface area contributed by atoms with Crippen molar-refractivity contribution in [2.45, 2.75) is 45.6 Å². The summed E-state index contributed by atoms with van der Waals surface area (Å²) in [5, 5.41) is 3.72. The van der Waals surface area contributed by atoms with Gasteiger partial charge in [-0.05, 0) is 62.3 Å². The van der Waals surface area contributed by atoms with Crippen molar-refractivity contribution in [3.05, 3.63) is 33.8 Å². The van der Waals surface area contributed by atoms with Gasteiger partial charge in [0, 0.05) is 23.7 Å². The second-order valence-electron chi connectivity index (χ2n) is 5.82. The minimum absolute atomic E-state index is 0.452. The average molecular weight is 340 g/mol. The summed E-state index contributed by atoms with van der Waals surface area (Å²) in [6.45, 7) is 7.30. The van der Waals surface area contributed by atoms with E-state index in [9.17, 15) is 0 Å². The van der Waals surface area contributed by atoms with Crippen LogP contribution in [0.3, 0.4) is 0 Å². The van der Waals surface area contributed by atoms with Crippen molar-refractivity contribution in [3.8, 4) is 0 Å². The molecule has 1 heterocycles. The number of benzene rings is 1. The first-order chi connectivity index (χ1) is 9.70. The molecule has 1 aliphatic heterocycles. The number of halogens is 1. The van der Waals surface area contributed by atoms with Gasteiger partial charge in [0.05, 0.1) is 0 Å². The Kier molecular flexibility index (Phi) is 6.53. The van der Waals surface area contributed by atoms with Gasteiger partial charge in [0.25, 0.3) is 0 Å². The van der Waals surface area contributed by atoms with Gasteiger partial charge in [-0.25, -0.2) is 0 Å². The molecule has 0 spiro atoms. The van der Waals surface area contributed by atoms with Crippen LogP contribution in [0, 0.1) is 12.8 Å². The van der Waals surface area contributed by atoms with E-state index in [2.05, 4.69) is 53.3 Å². The van der Waals surface area contributed by atoms with E-state index < -0.39 is 0 Å². The SMILES string of the molecule is CCCNC(CC1CCOCC1)c1ccc(C)cc1Br. The van der Waals surface area contributed by atoms with Crippen molar-refractivity contribution in [2.24, 2.45) is 5.92 Å². The summed E-state index contributed by atoms with van der Waals surface area (Å²) < 4.78 is 6.71. The summed E-state index contributed by atoms with van der Waals surface area (Å²) in [6, 6.07) is 7.16. The number of rotatable bonds is 6. The standard InChI is InChI=1S/C17H26BrNO/c1-3-8-19-17(12-14-6-9-20-10-7-14)15-5-4-13(2)11-16(15)18/h4-5,11,14,17,19H,3,6-10,12H2,1-2H3. The molecule has 1 saturated heterocycles. The first-order valence-electron chi connectivity index (χ1n) is 7.78. The van der Waals surface area contributed by atoms with Gasteiger partial charge in [-0.15, -0.1) is 0 Å². The Morgan fingerprint density at radius 1 is 1.35 bits per heavy atom. The highest BCUT2D eigenvalue weighted by Gasteiger charge is 2.21. The van der Waals surface area contributed by atoms with Crippen molar-refractivity contribution < 1.29 is 4.74 Å². The molecule has 2 rings (SSSR count). The molecule has 0 saturated carbocycles. The Hall–Kier alpha value is -0.380. The maximum Gasteiger partial charge on any atom is 0.0468 e. The topological polar surface area (TPSA) is 21.3 Å². The van der Waals surface area contributed by atoms with Crippen LogP contribution in [0.25, 0.3) is 0 Å². The monoisotopic (exact) mass is 339 g/mol. The summed E-state index contributed by atoms with van der Waals surface area (Å²) in [5.74, 6) is 0.784. The van der Waals surface area contributed by atoms with E-state index in [1.807, 2.05) is 0 Å². The molecule has 3 heteroatoms. The van der Waals surface area contributed by atoms with Crippen molar-refractivity contribution >= 4 is 15.9 Å². The minimum atomic E-state index is 0.452. The van der Waals surface area contributed by atoms with Crippen LogP contribution < -0.4 is 5.32 Å². The number of nitrogens with one attached hydrogen (secondary N) is 1. The molecule has 1 aromatic carbocycles. The maximum absolute atomic E-state index is 5.48. The maximum atomic E-state index is 5.48. The van der Waals surface area contributed by atoms with Crippen LogP contribution in [0.4, 0.5) is 0 Å². The molecule has 0 bridgehead atoms. The van der Waals surface area contributed by atoms with Crippen molar-refractivity contribution in [3.63, 3.8) is 0 Å². The van der Waals surface area contributed by atoms with Crippen LogP contribution in [0.2, 0.25) is 0 Å². The molecule has 0 aromatic heterocycles. The van der Waals surface area contributed by atoms with Gasteiger partial charge in [-0.1, -0.05) is 35.0 Å². The van der Waals surface area contributed by atoms with Crippen molar-refractivity contribution in [2.75, 3.05) is 19.8 Å². The fourth-order valence-corrected chi connectivity index (χ4v) is 3.64. The third kappa shape index (κ3) is 4.57. The quantitative estimate of drug-likeness (QED) is 0.816. The van der Waals surface area contributed by atoms with Crippen molar-refractivity contribution in [1.29, 1.82) is 0 Å². The van der Waals surface area contributed by atoms with E-state index in [4.69, 9.17) is 4.74 Å². The average Bonchev–Trinajstić information content (AvgIpc) is 2.45. The van der Waals surface area contributed by atoms with Crippen LogP contribution in [0.5, 0.6) is 0 Å². The molecule has 112 valence electrons. The highest BCUT2D eigenvalue weighted by molar-refractivity contribution is 9.10. The molecular weight excluding hydrogens is 314 g/mol. The van der Waals surface area contributed by atoms with Crippen LogP contribution in [0.1, 0.15) is 49.8 Å². The van der Waals surface area contributed by atoms with Crippen LogP contribution in [-0.2, 0) is 4.74 Å². The molecule has 1 N–H and O–H groups in total. The van der Waals surface area contributed by atoms with E-state index in [0.717, 1.165) is 25.7 Å². The normalized spacial score (nSPS) is 18.1. The Bertz CT molecular complexity index is 415. The highest BCUT2D eigenvalue weighted by Crippen LogP contribution is 2.32. The fraction of sp³-hybridized carbons (Fsp3) is 0.647. The Labute approximate surface area is 131 Å². The number of ether oxygens (including phenoxy) is 1. The van der Waals surface area contributed by atoms with Gasteiger partial charge in [-0.3, -0.25) is 0 Å². The molecule has 1 unspecified atom stereocenters. The highest BCUT2D eigenvalue weighted by atomic mass is 79.9. The van der Waals surface area contributed by atoms with Gasteiger partial charge in [0.2, 0.25) is 0 Å². The molecule has 0 aliphatic carbocycles. The van der Waals surface area contributed by atoms with Crippen molar-refractivity contribution in [1.82, 2.24) is 5.32 Å². The molecule has 2 nitrogen and oxygen atoms in total. The third-order valence-electron chi connectivity index (χ3n) is 4.08. The molecule has 1 aromatic rings. The molecule has 0 amide bonds. The third-order valence-corrected chi connectivity index (χ3v) is 4.77. The first-order valence-corrected chi connectivity index (χ1v) is 8.57. The Morgan fingerprint density at radius 2 is 2.10 bits per heavy atom. The van der Waals surface area contributed by atoms with Gasteiger partial charge in [0.1, 0.15) is 0 Å². The van der Waals surface area contributed by atoms with E-state index in [0.29, 0.717) is 6.04 Å². The lowest BCUT2D eigenvalue weighted by molar-refractivity contribution is 0.0605. The summed E-state index contributed by atoms with van der Waals surface area (Å²) >= 11 is 3.74.